The summed E-state index contributed by atoms with van der Waals surface area (Å²) in [4.78, 5) is 12.0. The number of unbranched alkanes of at least 4 members (excludes halogenated alkanes) is 1. The Hall–Kier alpha value is -1.60. The normalized spacial score (nSPS) is 19.0. The summed E-state index contributed by atoms with van der Waals surface area (Å²) >= 11 is 0. The van der Waals surface area contributed by atoms with Crippen LogP contribution in [0.1, 0.15) is 39.0 Å². The van der Waals surface area contributed by atoms with Crippen LogP contribution in [0, 0.1) is 0 Å². The number of benzene rings is 1. The smallest absolute Gasteiger partial charge is 0.319 e. The van der Waals surface area contributed by atoms with Crippen LogP contribution in [0.5, 0.6) is 0 Å². The van der Waals surface area contributed by atoms with Crippen molar-refractivity contribution in [2.24, 2.45) is 0 Å². The third-order valence-electron chi connectivity index (χ3n) is 4.22. The molecule has 134 valence electrons. The van der Waals surface area contributed by atoms with Crippen LogP contribution < -0.4 is 10.6 Å². The summed E-state index contributed by atoms with van der Waals surface area (Å²) in [5.74, 6) is 0.191. The highest BCUT2D eigenvalue weighted by Gasteiger charge is 2.31. The van der Waals surface area contributed by atoms with E-state index in [0.717, 1.165) is 25.7 Å². The Balaban J connectivity index is 1.90. The van der Waals surface area contributed by atoms with Crippen molar-refractivity contribution in [2.45, 2.75) is 45.1 Å². The Morgan fingerprint density at radius 3 is 2.71 bits per heavy atom. The number of carbonyl (C=O) groups is 1. The van der Waals surface area contributed by atoms with Gasteiger partial charge in [-0.15, -0.1) is 0 Å². The number of piperidine rings is 1. The molecule has 1 aliphatic heterocycles. The number of sulfonamides is 1. The number of amides is 2. The van der Waals surface area contributed by atoms with Crippen LogP contribution in [0.25, 0.3) is 0 Å². The molecule has 1 heterocycles. The SMILES string of the molecule is CCCCS(=O)(=O)N1CCCCC1CNC(=O)Nc1ccccc1. The van der Waals surface area contributed by atoms with Gasteiger partial charge in [0.2, 0.25) is 10.0 Å². The predicted molar refractivity (Wildman–Crippen MR) is 96.5 cm³/mol. The lowest BCUT2D eigenvalue weighted by Crippen LogP contribution is -2.50. The minimum Gasteiger partial charge on any atom is -0.336 e. The molecule has 2 amide bonds. The first-order valence-electron chi connectivity index (χ1n) is 8.62. The maximum absolute atomic E-state index is 12.5. The Kier molecular flexibility index (Phi) is 7.05. The van der Waals surface area contributed by atoms with E-state index in [9.17, 15) is 13.2 Å². The van der Waals surface area contributed by atoms with Gasteiger partial charge in [-0.25, -0.2) is 13.2 Å². The second-order valence-electron chi connectivity index (χ2n) is 6.13. The largest absolute Gasteiger partial charge is 0.336 e. The monoisotopic (exact) mass is 353 g/mol. The first-order valence-corrected chi connectivity index (χ1v) is 10.2. The Morgan fingerprint density at radius 1 is 1.25 bits per heavy atom. The van der Waals surface area contributed by atoms with Gasteiger partial charge in [-0.3, -0.25) is 0 Å². The molecule has 7 heteroatoms. The number of anilines is 1. The third kappa shape index (κ3) is 5.49. The van der Waals surface area contributed by atoms with E-state index in [1.165, 1.54) is 0 Å². The number of hydrogen-bond acceptors (Lipinski definition) is 3. The Bertz CT molecular complexity index is 619. The average Bonchev–Trinajstić information content (AvgIpc) is 2.59. The van der Waals surface area contributed by atoms with E-state index >= 15 is 0 Å². The van der Waals surface area contributed by atoms with Crippen LogP contribution in [0.15, 0.2) is 30.3 Å². The third-order valence-corrected chi connectivity index (χ3v) is 6.22. The molecule has 1 aromatic carbocycles. The molecular formula is C17H27N3O3S. The number of rotatable bonds is 7. The van der Waals surface area contributed by atoms with E-state index < -0.39 is 10.0 Å². The molecular weight excluding hydrogens is 326 g/mol. The van der Waals surface area contributed by atoms with Crippen molar-refractivity contribution in [3.05, 3.63) is 30.3 Å². The number of nitrogens with zero attached hydrogens (tertiary/aromatic N) is 1. The number of urea groups is 1. The molecule has 0 aliphatic carbocycles. The number of hydrogen-bond donors (Lipinski definition) is 2. The van der Waals surface area contributed by atoms with Gasteiger partial charge in [0.25, 0.3) is 0 Å². The van der Waals surface area contributed by atoms with Crippen molar-refractivity contribution in [3.8, 4) is 0 Å². The molecule has 6 nitrogen and oxygen atoms in total. The van der Waals surface area contributed by atoms with Crippen molar-refractivity contribution in [2.75, 3.05) is 24.2 Å². The first-order chi connectivity index (χ1) is 11.5. The maximum atomic E-state index is 12.5. The lowest BCUT2D eigenvalue weighted by atomic mass is 10.1. The molecule has 1 saturated heterocycles. The van der Waals surface area contributed by atoms with Crippen molar-refractivity contribution < 1.29 is 13.2 Å². The van der Waals surface area contributed by atoms with Crippen LogP contribution in [0.3, 0.4) is 0 Å². The molecule has 2 rings (SSSR count). The van der Waals surface area contributed by atoms with Crippen LogP contribution in [-0.2, 0) is 10.0 Å². The fraction of sp³-hybridized carbons (Fsp3) is 0.588. The lowest BCUT2D eigenvalue weighted by Gasteiger charge is -2.34. The van der Waals surface area contributed by atoms with Crippen molar-refractivity contribution >= 4 is 21.7 Å². The summed E-state index contributed by atoms with van der Waals surface area (Å²) in [6.07, 6.45) is 4.20. The molecule has 1 aromatic rings. The quantitative estimate of drug-likeness (QED) is 0.791. The number of para-hydroxylation sites is 1. The first kappa shape index (κ1) is 18.7. The highest BCUT2D eigenvalue weighted by atomic mass is 32.2. The molecule has 1 unspecified atom stereocenters. The molecule has 1 fully saturated rings. The summed E-state index contributed by atoms with van der Waals surface area (Å²) in [5, 5.41) is 5.55. The van der Waals surface area contributed by atoms with Gasteiger partial charge >= 0.3 is 6.03 Å². The molecule has 24 heavy (non-hydrogen) atoms. The summed E-state index contributed by atoms with van der Waals surface area (Å²) < 4.78 is 26.6. The zero-order valence-corrected chi connectivity index (χ0v) is 15.0. The Morgan fingerprint density at radius 2 is 2.00 bits per heavy atom. The minimum atomic E-state index is -3.24. The van der Waals surface area contributed by atoms with E-state index in [-0.39, 0.29) is 17.8 Å². The molecule has 0 spiro atoms. The second kappa shape index (κ2) is 9.03. The van der Waals surface area contributed by atoms with Gasteiger partial charge in [-0.2, -0.15) is 4.31 Å². The summed E-state index contributed by atoms with van der Waals surface area (Å²) in [6.45, 7) is 2.88. The van der Waals surface area contributed by atoms with E-state index in [2.05, 4.69) is 10.6 Å². The molecule has 0 radical (unpaired) electrons. The van der Waals surface area contributed by atoms with E-state index in [0.29, 0.717) is 25.2 Å². The maximum Gasteiger partial charge on any atom is 0.319 e. The van der Waals surface area contributed by atoms with E-state index in [1.807, 2.05) is 37.3 Å². The van der Waals surface area contributed by atoms with Gasteiger partial charge < -0.3 is 10.6 Å². The van der Waals surface area contributed by atoms with Gasteiger partial charge in [0, 0.05) is 24.8 Å². The average molecular weight is 353 g/mol. The highest BCUT2D eigenvalue weighted by Crippen LogP contribution is 2.21. The van der Waals surface area contributed by atoms with Crippen LogP contribution in [0.4, 0.5) is 10.5 Å². The molecule has 2 N–H and O–H groups in total. The lowest BCUT2D eigenvalue weighted by molar-refractivity contribution is 0.231. The molecule has 0 bridgehead atoms. The fourth-order valence-electron chi connectivity index (χ4n) is 2.90. The molecule has 0 saturated carbocycles. The van der Waals surface area contributed by atoms with Crippen molar-refractivity contribution in [1.82, 2.24) is 9.62 Å². The van der Waals surface area contributed by atoms with Gasteiger partial charge in [0.05, 0.1) is 5.75 Å². The zero-order valence-electron chi connectivity index (χ0n) is 14.2. The van der Waals surface area contributed by atoms with Crippen LogP contribution >= 0.6 is 0 Å². The fourth-order valence-corrected chi connectivity index (χ4v) is 4.82. The van der Waals surface area contributed by atoms with E-state index in [1.54, 1.807) is 4.31 Å². The Labute approximate surface area is 144 Å². The van der Waals surface area contributed by atoms with Gasteiger partial charge in [-0.1, -0.05) is 38.0 Å². The summed E-state index contributed by atoms with van der Waals surface area (Å²) in [5.41, 5.74) is 0.714. The number of carbonyl (C=O) groups excluding carboxylic acids is 1. The molecule has 1 aliphatic rings. The summed E-state index contributed by atoms with van der Waals surface area (Å²) in [7, 11) is -3.24. The topological polar surface area (TPSA) is 78.5 Å². The highest BCUT2D eigenvalue weighted by molar-refractivity contribution is 7.89. The van der Waals surface area contributed by atoms with Crippen molar-refractivity contribution in [3.63, 3.8) is 0 Å². The standard InChI is InChI=1S/C17H27N3O3S/c1-2-3-13-24(22,23)20-12-8-7-11-16(20)14-18-17(21)19-15-9-5-4-6-10-15/h4-6,9-10,16H,2-3,7-8,11-14H2,1H3,(H2,18,19,21). The molecule has 0 aromatic heterocycles. The zero-order chi connectivity index (χ0) is 17.4. The predicted octanol–water partition coefficient (Wildman–Crippen LogP) is 2.79. The van der Waals surface area contributed by atoms with Gasteiger partial charge in [0.15, 0.2) is 0 Å². The van der Waals surface area contributed by atoms with Crippen molar-refractivity contribution in [1.29, 1.82) is 0 Å². The number of nitrogens with one attached hydrogen (secondary N) is 2. The van der Waals surface area contributed by atoms with E-state index in [4.69, 9.17) is 0 Å². The summed E-state index contributed by atoms with van der Waals surface area (Å²) in [6, 6.07) is 8.73. The van der Waals surface area contributed by atoms with Gasteiger partial charge in [0.1, 0.15) is 0 Å². The minimum absolute atomic E-state index is 0.151. The van der Waals surface area contributed by atoms with Gasteiger partial charge in [-0.05, 0) is 31.4 Å². The molecule has 1 atom stereocenters. The second-order valence-corrected chi connectivity index (χ2v) is 8.17. The van der Waals surface area contributed by atoms with Crippen LogP contribution in [0.2, 0.25) is 0 Å². The van der Waals surface area contributed by atoms with Crippen LogP contribution in [-0.4, -0.2) is 43.6 Å².